The van der Waals surface area contributed by atoms with Gasteiger partial charge in [0.05, 0.1) is 0 Å². The number of piperidine rings is 1. The first-order chi connectivity index (χ1) is 22.7. The Morgan fingerprint density at radius 1 is 0.283 bits per heavy atom. The van der Waals surface area contributed by atoms with Crippen molar-refractivity contribution in [2.24, 2.45) is 0 Å². The molecule has 1 saturated heterocycles. The Labute approximate surface area is 293 Å². The molecular formula is C45H91N. The lowest BCUT2D eigenvalue weighted by Crippen LogP contribution is -2.61. The van der Waals surface area contributed by atoms with Gasteiger partial charge in [-0.3, -0.25) is 0 Å². The van der Waals surface area contributed by atoms with Crippen molar-refractivity contribution in [2.45, 2.75) is 289 Å². The lowest BCUT2D eigenvalue weighted by Gasteiger charge is -2.51. The average Bonchev–Trinajstić information content (AvgIpc) is 3.06. The molecule has 0 saturated carbocycles. The highest BCUT2D eigenvalue weighted by molar-refractivity contribution is 5.02. The van der Waals surface area contributed by atoms with Gasteiger partial charge in [-0.25, -0.2) is 0 Å². The SMILES string of the molecule is CCCCCCCCCCC1(CCCCCCCCCC)CCCC(CCCCCCCCCC)(CCCCCCCCCC)N1. The summed E-state index contributed by atoms with van der Waals surface area (Å²) in [7, 11) is 0. The Morgan fingerprint density at radius 3 is 0.696 bits per heavy atom. The molecule has 0 amide bonds. The number of rotatable bonds is 36. The molecule has 1 rings (SSSR count). The summed E-state index contributed by atoms with van der Waals surface area (Å²) < 4.78 is 0. The Hall–Kier alpha value is -0.0400. The van der Waals surface area contributed by atoms with E-state index in [4.69, 9.17) is 0 Å². The van der Waals surface area contributed by atoms with Crippen LogP contribution in [0, 0.1) is 0 Å². The van der Waals surface area contributed by atoms with Gasteiger partial charge >= 0.3 is 0 Å². The third-order valence-electron chi connectivity index (χ3n) is 11.9. The van der Waals surface area contributed by atoms with Gasteiger partial charge in [-0.15, -0.1) is 0 Å². The number of hydrogen-bond acceptors (Lipinski definition) is 1. The highest BCUT2D eigenvalue weighted by atomic mass is 15.1. The molecule has 1 aliphatic rings. The van der Waals surface area contributed by atoms with Crippen LogP contribution in [-0.2, 0) is 0 Å². The molecule has 1 heteroatoms. The van der Waals surface area contributed by atoms with Gasteiger partial charge in [0.2, 0.25) is 0 Å². The van der Waals surface area contributed by atoms with Crippen LogP contribution in [0.1, 0.15) is 278 Å². The second kappa shape index (κ2) is 32.2. The molecule has 1 aliphatic heterocycles. The highest BCUT2D eigenvalue weighted by Gasteiger charge is 2.42. The third-order valence-corrected chi connectivity index (χ3v) is 11.9. The molecular weight excluding hydrogens is 555 g/mol. The van der Waals surface area contributed by atoms with E-state index in [0.29, 0.717) is 11.1 Å². The van der Waals surface area contributed by atoms with E-state index >= 15 is 0 Å². The van der Waals surface area contributed by atoms with Crippen molar-refractivity contribution in [2.75, 3.05) is 0 Å². The first-order valence-corrected chi connectivity index (χ1v) is 22.4. The smallest absolute Gasteiger partial charge is 0.0186 e. The molecule has 0 aliphatic carbocycles. The normalized spacial score (nSPS) is 15.9. The first kappa shape index (κ1) is 44.0. The van der Waals surface area contributed by atoms with Crippen molar-refractivity contribution >= 4 is 0 Å². The molecule has 0 aromatic carbocycles. The molecule has 1 fully saturated rings. The molecule has 0 atom stereocenters. The molecule has 1 nitrogen and oxygen atoms in total. The van der Waals surface area contributed by atoms with Crippen molar-refractivity contribution in [3.63, 3.8) is 0 Å². The van der Waals surface area contributed by atoms with Gasteiger partial charge in [0, 0.05) is 11.1 Å². The van der Waals surface area contributed by atoms with Crippen molar-refractivity contribution < 1.29 is 0 Å². The maximum Gasteiger partial charge on any atom is 0.0186 e. The second-order valence-corrected chi connectivity index (χ2v) is 16.4. The molecule has 0 bridgehead atoms. The van der Waals surface area contributed by atoms with E-state index < -0.39 is 0 Å². The van der Waals surface area contributed by atoms with E-state index in [1.807, 2.05) is 0 Å². The Kier molecular flexibility index (Phi) is 30.8. The molecule has 0 aromatic rings. The summed E-state index contributed by atoms with van der Waals surface area (Å²) in [6.45, 7) is 9.36. The predicted molar refractivity (Wildman–Crippen MR) is 211 cm³/mol. The summed E-state index contributed by atoms with van der Waals surface area (Å²) in [5.74, 6) is 0. The Balaban J connectivity index is 2.76. The number of nitrogens with one attached hydrogen (secondary N) is 1. The molecule has 0 unspecified atom stereocenters. The predicted octanol–water partition coefficient (Wildman–Crippen LogP) is 16.4. The second-order valence-electron chi connectivity index (χ2n) is 16.4. The van der Waals surface area contributed by atoms with Gasteiger partial charge in [-0.1, -0.05) is 233 Å². The zero-order valence-corrected chi connectivity index (χ0v) is 33.1. The standard InChI is InChI=1S/C45H91N/c1-5-9-13-17-21-25-29-33-38-44(39-34-30-26-22-18-14-10-6-2)42-37-43-45(46-44,40-35-31-27-23-19-15-11-7-3)41-36-32-28-24-20-16-12-8-4/h46H,5-43H2,1-4H3. The number of unbranched alkanes of at least 4 members (excludes halogenated alkanes) is 28. The van der Waals surface area contributed by atoms with Crippen LogP contribution in [0.2, 0.25) is 0 Å². The lowest BCUT2D eigenvalue weighted by atomic mass is 9.70. The van der Waals surface area contributed by atoms with Crippen molar-refractivity contribution in [3.8, 4) is 0 Å². The summed E-state index contributed by atoms with van der Waals surface area (Å²) in [6, 6.07) is 0. The summed E-state index contributed by atoms with van der Waals surface area (Å²) in [6.07, 6.45) is 56.6. The summed E-state index contributed by atoms with van der Waals surface area (Å²) in [5, 5.41) is 4.66. The molecule has 46 heavy (non-hydrogen) atoms. The molecule has 1 heterocycles. The van der Waals surface area contributed by atoms with Gasteiger partial charge in [0.15, 0.2) is 0 Å². The summed E-state index contributed by atoms with van der Waals surface area (Å²) in [5.41, 5.74) is 0.867. The summed E-state index contributed by atoms with van der Waals surface area (Å²) >= 11 is 0. The average molecular weight is 646 g/mol. The van der Waals surface area contributed by atoms with Crippen LogP contribution in [0.4, 0.5) is 0 Å². The summed E-state index contributed by atoms with van der Waals surface area (Å²) in [4.78, 5) is 0. The van der Waals surface area contributed by atoms with Crippen molar-refractivity contribution in [1.82, 2.24) is 5.32 Å². The van der Waals surface area contributed by atoms with E-state index in [9.17, 15) is 0 Å². The topological polar surface area (TPSA) is 12.0 Å². The quantitative estimate of drug-likeness (QED) is 0.0669. The minimum atomic E-state index is 0.434. The fourth-order valence-electron chi connectivity index (χ4n) is 8.84. The van der Waals surface area contributed by atoms with Crippen molar-refractivity contribution in [1.29, 1.82) is 0 Å². The van der Waals surface area contributed by atoms with Crippen LogP contribution in [0.5, 0.6) is 0 Å². The van der Waals surface area contributed by atoms with E-state index in [2.05, 4.69) is 33.0 Å². The first-order valence-electron chi connectivity index (χ1n) is 22.4. The van der Waals surface area contributed by atoms with Gasteiger partial charge in [-0.05, 0) is 44.9 Å². The van der Waals surface area contributed by atoms with E-state index in [0.717, 1.165) is 0 Å². The van der Waals surface area contributed by atoms with Crippen LogP contribution in [0.15, 0.2) is 0 Å². The van der Waals surface area contributed by atoms with E-state index in [-0.39, 0.29) is 0 Å². The zero-order valence-electron chi connectivity index (χ0n) is 33.1. The highest BCUT2D eigenvalue weighted by Crippen LogP contribution is 2.41. The monoisotopic (exact) mass is 646 g/mol. The molecule has 1 N–H and O–H groups in total. The van der Waals surface area contributed by atoms with E-state index in [1.54, 1.807) is 0 Å². The Morgan fingerprint density at radius 2 is 0.478 bits per heavy atom. The van der Waals surface area contributed by atoms with Crippen LogP contribution >= 0.6 is 0 Å². The minimum absolute atomic E-state index is 0.434. The van der Waals surface area contributed by atoms with Crippen LogP contribution in [-0.4, -0.2) is 11.1 Å². The fraction of sp³-hybridized carbons (Fsp3) is 1.00. The largest absolute Gasteiger partial charge is 0.306 e. The van der Waals surface area contributed by atoms with Crippen LogP contribution < -0.4 is 5.32 Å². The fourth-order valence-corrected chi connectivity index (χ4v) is 8.84. The van der Waals surface area contributed by atoms with Crippen LogP contribution in [0.25, 0.3) is 0 Å². The lowest BCUT2D eigenvalue weighted by molar-refractivity contribution is 0.0868. The zero-order chi connectivity index (χ0) is 33.3. The molecule has 276 valence electrons. The van der Waals surface area contributed by atoms with Crippen molar-refractivity contribution in [3.05, 3.63) is 0 Å². The Bertz CT molecular complexity index is 506. The molecule has 0 radical (unpaired) electrons. The van der Waals surface area contributed by atoms with Gasteiger partial charge in [-0.2, -0.15) is 0 Å². The third kappa shape index (κ3) is 24.2. The minimum Gasteiger partial charge on any atom is -0.306 e. The van der Waals surface area contributed by atoms with E-state index in [1.165, 1.54) is 250 Å². The number of hydrogen-bond donors (Lipinski definition) is 1. The molecule has 0 spiro atoms. The molecule has 0 aromatic heterocycles. The van der Waals surface area contributed by atoms with Crippen LogP contribution in [0.3, 0.4) is 0 Å². The maximum atomic E-state index is 4.66. The van der Waals surface area contributed by atoms with Gasteiger partial charge in [0.25, 0.3) is 0 Å². The van der Waals surface area contributed by atoms with Gasteiger partial charge < -0.3 is 5.32 Å². The van der Waals surface area contributed by atoms with Gasteiger partial charge in [0.1, 0.15) is 0 Å². The maximum absolute atomic E-state index is 4.66.